The fraction of sp³-hybridized carbons (Fsp3) is 0.0909. The van der Waals surface area contributed by atoms with Crippen molar-refractivity contribution in [3.05, 3.63) is 55.8 Å². The van der Waals surface area contributed by atoms with Gasteiger partial charge in [0.15, 0.2) is 16.7 Å². The number of benzene rings is 1. The summed E-state index contributed by atoms with van der Waals surface area (Å²) in [6.45, 7) is 0. The number of H-pyrrole nitrogens is 1. The summed E-state index contributed by atoms with van der Waals surface area (Å²) in [5.41, 5.74) is -2.22. The minimum absolute atomic E-state index is 0.0416. The van der Waals surface area contributed by atoms with Crippen LogP contribution in [-0.4, -0.2) is 16.7 Å². The molecule has 100 valence electrons. The van der Waals surface area contributed by atoms with Crippen LogP contribution < -0.4 is 16.0 Å². The summed E-state index contributed by atoms with van der Waals surface area (Å²) in [4.78, 5) is 25.2. The Bertz CT molecular complexity index is 755. The zero-order valence-corrected chi connectivity index (χ0v) is 10.3. The van der Waals surface area contributed by atoms with Crippen molar-refractivity contribution < 1.29 is 13.5 Å². The van der Waals surface area contributed by atoms with E-state index in [1.165, 1.54) is 7.11 Å². The Kier molecular flexibility index (Phi) is 3.39. The van der Waals surface area contributed by atoms with Gasteiger partial charge in [-0.05, 0) is 12.1 Å². The summed E-state index contributed by atoms with van der Waals surface area (Å²) >= 11 is 5.33. The Balaban J connectivity index is 2.76. The van der Waals surface area contributed by atoms with Gasteiger partial charge in [-0.3, -0.25) is 9.78 Å². The summed E-state index contributed by atoms with van der Waals surface area (Å²) < 4.78 is 31.8. The Morgan fingerprint density at radius 2 is 2.00 bits per heavy atom. The molecule has 0 atom stereocenters. The summed E-state index contributed by atoms with van der Waals surface area (Å²) in [6.07, 6.45) is 0. The third-order valence-corrected chi connectivity index (χ3v) is 2.66. The van der Waals surface area contributed by atoms with Crippen molar-refractivity contribution in [1.29, 1.82) is 0 Å². The molecule has 0 aliphatic rings. The molecule has 2 rings (SSSR count). The van der Waals surface area contributed by atoms with Gasteiger partial charge in [0.05, 0.1) is 12.8 Å². The fourth-order valence-corrected chi connectivity index (χ4v) is 1.67. The maximum atomic E-state index is 13.4. The number of halogens is 3. The van der Waals surface area contributed by atoms with E-state index < -0.39 is 28.0 Å². The fourth-order valence-electron chi connectivity index (χ4n) is 1.51. The van der Waals surface area contributed by atoms with E-state index in [0.717, 1.165) is 18.2 Å². The first kappa shape index (κ1) is 13.3. The van der Waals surface area contributed by atoms with Gasteiger partial charge >= 0.3 is 5.69 Å². The van der Waals surface area contributed by atoms with Crippen LogP contribution in [0.3, 0.4) is 0 Å². The Labute approximate surface area is 110 Å². The Hall–Kier alpha value is -2.15. The minimum Gasteiger partial charge on any atom is -0.494 e. The van der Waals surface area contributed by atoms with Crippen LogP contribution >= 0.6 is 11.6 Å². The van der Waals surface area contributed by atoms with Gasteiger partial charge in [-0.1, -0.05) is 11.6 Å². The number of rotatable bonds is 2. The highest BCUT2D eigenvalue weighted by Gasteiger charge is 2.15. The van der Waals surface area contributed by atoms with Crippen LogP contribution in [0, 0.1) is 11.6 Å². The first-order chi connectivity index (χ1) is 8.95. The van der Waals surface area contributed by atoms with Crippen LogP contribution in [0.5, 0.6) is 5.75 Å². The second-order valence-corrected chi connectivity index (χ2v) is 3.90. The number of nitrogens with one attached hydrogen (secondary N) is 1. The molecule has 2 aromatic rings. The van der Waals surface area contributed by atoms with Crippen LogP contribution in [0.4, 0.5) is 8.78 Å². The predicted octanol–water partition coefficient (Wildman–Crippen LogP) is 1.47. The minimum atomic E-state index is -1.30. The molecule has 1 aromatic heterocycles. The zero-order valence-electron chi connectivity index (χ0n) is 9.54. The first-order valence-electron chi connectivity index (χ1n) is 5.00. The van der Waals surface area contributed by atoms with E-state index in [0.29, 0.717) is 4.57 Å². The standard InChI is InChI=1S/C11H7ClF2N2O3/c1-19-7-4-5(2-3-6(7)13)16-10(17)8(14)9(12)15-11(16)18/h2-4H,1H3,(H,15,18). The normalized spacial score (nSPS) is 10.5. The molecule has 0 fully saturated rings. The van der Waals surface area contributed by atoms with Crippen molar-refractivity contribution in [2.75, 3.05) is 7.11 Å². The quantitative estimate of drug-likeness (QED) is 0.851. The molecule has 1 heterocycles. The second kappa shape index (κ2) is 4.85. The van der Waals surface area contributed by atoms with Gasteiger partial charge in [0.1, 0.15) is 0 Å². The molecule has 8 heteroatoms. The predicted molar refractivity (Wildman–Crippen MR) is 64.1 cm³/mol. The zero-order chi connectivity index (χ0) is 14.2. The summed E-state index contributed by atoms with van der Waals surface area (Å²) in [5.74, 6) is -2.16. The topological polar surface area (TPSA) is 64.1 Å². The van der Waals surface area contributed by atoms with Crippen molar-refractivity contribution in [3.63, 3.8) is 0 Å². The molecule has 0 saturated heterocycles. The molecule has 0 aliphatic carbocycles. The molecule has 1 N–H and O–H groups in total. The highest BCUT2D eigenvalue weighted by Crippen LogP contribution is 2.19. The van der Waals surface area contributed by atoms with E-state index in [9.17, 15) is 18.4 Å². The summed E-state index contributed by atoms with van der Waals surface area (Å²) in [7, 11) is 1.22. The number of methoxy groups -OCH3 is 1. The largest absolute Gasteiger partial charge is 0.494 e. The molecular weight excluding hydrogens is 282 g/mol. The average molecular weight is 289 g/mol. The summed E-state index contributed by atoms with van der Waals surface area (Å²) in [6, 6.07) is 3.23. The van der Waals surface area contributed by atoms with Gasteiger partial charge in [0.2, 0.25) is 5.82 Å². The molecule has 0 aliphatic heterocycles. The highest BCUT2D eigenvalue weighted by atomic mass is 35.5. The summed E-state index contributed by atoms with van der Waals surface area (Å²) in [5, 5.41) is -0.680. The monoisotopic (exact) mass is 288 g/mol. The van der Waals surface area contributed by atoms with Gasteiger partial charge in [0.25, 0.3) is 5.56 Å². The van der Waals surface area contributed by atoms with E-state index in [1.807, 2.05) is 4.98 Å². The lowest BCUT2D eigenvalue weighted by Crippen LogP contribution is -2.35. The first-order valence-corrected chi connectivity index (χ1v) is 5.37. The molecule has 0 spiro atoms. The SMILES string of the molecule is COc1cc(-n2c(=O)[nH]c(Cl)c(F)c2=O)ccc1F. The lowest BCUT2D eigenvalue weighted by atomic mass is 10.3. The molecule has 0 amide bonds. The van der Waals surface area contributed by atoms with Gasteiger partial charge in [-0.2, -0.15) is 4.39 Å². The molecule has 0 radical (unpaired) electrons. The van der Waals surface area contributed by atoms with E-state index in [4.69, 9.17) is 16.3 Å². The maximum absolute atomic E-state index is 13.4. The van der Waals surface area contributed by atoms with Crippen molar-refractivity contribution in [2.45, 2.75) is 0 Å². The van der Waals surface area contributed by atoms with Crippen LogP contribution in [-0.2, 0) is 0 Å². The molecule has 5 nitrogen and oxygen atoms in total. The van der Waals surface area contributed by atoms with Gasteiger partial charge < -0.3 is 4.74 Å². The van der Waals surface area contributed by atoms with Crippen molar-refractivity contribution in [1.82, 2.24) is 9.55 Å². The maximum Gasteiger partial charge on any atom is 0.334 e. The number of hydrogen-bond donors (Lipinski definition) is 1. The van der Waals surface area contributed by atoms with E-state index >= 15 is 0 Å². The lowest BCUT2D eigenvalue weighted by Gasteiger charge is -2.07. The molecular formula is C11H7ClF2N2O3. The van der Waals surface area contributed by atoms with Crippen molar-refractivity contribution in [2.24, 2.45) is 0 Å². The van der Waals surface area contributed by atoms with E-state index in [2.05, 4.69) is 0 Å². The van der Waals surface area contributed by atoms with Crippen LogP contribution in [0.2, 0.25) is 5.15 Å². The molecule has 1 aromatic carbocycles. The molecule has 0 bridgehead atoms. The van der Waals surface area contributed by atoms with Crippen molar-refractivity contribution >= 4 is 11.6 Å². The third-order valence-electron chi connectivity index (χ3n) is 2.40. The Morgan fingerprint density at radius 1 is 1.32 bits per heavy atom. The number of aromatic amines is 1. The van der Waals surface area contributed by atoms with Gasteiger partial charge in [-0.25, -0.2) is 13.8 Å². The number of ether oxygens (including phenoxy) is 1. The second-order valence-electron chi connectivity index (χ2n) is 3.52. The van der Waals surface area contributed by atoms with Crippen molar-refractivity contribution in [3.8, 4) is 11.4 Å². The lowest BCUT2D eigenvalue weighted by molar-refractivity contribution is 0.386. The van der Waals surface area contributed by atoms with E-state index in [1.54, 1.807) is 0 Å². The van der Waals surface area contributed by atoms with Crippen LogP contribution in [0.1, 0.15) is 0 Å². The highest BCUT2D eigenvalue weighted by molar-refractivity contribution is 6.29. The molecule has 19 heavy (non-hydrogen) atoms. The van der Waals surface area contributed by atoms with E-state index in [-0.39, 0.29) is 11.4 Å². The van der Waals surface area contributed by atoms with Crippen LogP contribution in [0.25, 0.3) is 5.69 Å². The van der Waals surface area contributed by atoms with Gasteiger partial charge in [0, 0.05) is 6.07 Å². The van der Waals surface area contributed by atoms with Gasteiger partial charge in [-0.15, -0.1) is 0 Å². The number of nitrogens with zero attached hydrogens (tertiary/aromatic N) is 1. The smallest absolute Gasteiger partial charge is 0.334 e. The number of aromatic nitrogens is 2. The molecule has 0 unspecified atom stereocenters. The third kappa shape index (κ3) is 2.24. The average Bonchev–Trinajstić information content (AvgIpc) is 2.38. The molecule has 0 saturated carbocycles. The number of hydrogen-bond acceptors (Lipinski definition) is 3. The Morgan fingerprint density at radius 3 is 2.63 bits per heavy atom. The van der Waals surface area contributed by atoms with Crippen LogP contribution in [0.15, 0.2) is 27.8 Å².